The Morgan fingerprint density at radius 3 is 2.11 bits per heavy atom. The lowest BCUT2D eigenvalue weighted by Crippen LogP contribution is -2.36. The van der Waals surface area contributed by atoms with Crippen LogP contribution in [0.4, 0.5) is 4.79 Å². The Morgan fingerprint density at radius 1 is 1.06 bits per heavy atom. The maximum atomic E-state index is 12.3. The molecule has 96 valence electrons. The van der Waals surface area contributed by atoms with Gasteiger partial charge in [0.05, 0.1) is 6.67 Å². The summed E-state index contributed by atoms with van der Waals surface area (Å²) in [6.45, 7) is 5.24. The largest absolute Gasteiger partial charge is 0.351 e. The van der Waals surface area contributed by atoms with E-state index in [1.807, 2.05) is 32.0 Å². The molecule has 5 heteroatoms. The highest BCUT2D eigenvalue weighted by Gasteiger charge is 2.26. The average Bonchev–Trinajstić information content (AvgIpc) is 2.75. The second kappa shape index (κ2) is 4.68. The van der Waals surface area contributed by atoms with Crippen molar-refractivity contribution in [3.05, 3.63) is 34.9 Å². The van der Waals surface area contributed by atoms with E-state index in [-0.39, 0.29) is 12.6 Å². The Morgan fingerprint density at radius 2 is 1.61 bits per heavy atom. The van der Waals surface area contributed by atoms with E-state index in [0.29, 0.717) is 18.7 Å². The molecule has 0 radical (unpaired) electrons. The zero-order valence-electron chi connectivity index (χ0n) is 10.6. The number of amides is 3. The lowest BCUT2D eigenvalue weighted by Gasteiger charge is -2.17. The maximum absolute atomic E-state index is 12.3. The van der Waals surface area contributed by atoms with Gasteiger partial charge in [-0.2, -0.15) is 0 Å². The van der Waals surface area contributed by atoms with Crippen molar-refractivity contribution >= 4 is 11.9 Å². The summed E-state index contributed by atoms with van der Waals surface area (Å²) in [7, 11) is 0. The van der Waals surface area contributed by atoms with Crippen molar-refractivity contribution in [1.82, 2.24) is 9.80 Å². The molecule has 1 aromatic rings. The lowest BCUT2D eigenvalue weighted by atomic mass is 10.1. The van der Waals surface area contributed by atoms with E-state index in [2.05, 4.69) is 0 Å². The van der Waals surface area contributed by atoms with E-state index in [0.717, 1.165) is 11.1 Å². The van der Waals surface area contributed by atoms with Crippen LogP contribution in [-0.2, 0) is 0 Å². The quantitative estimate of drug-likeness (QED) is 0.807. The predicted molar refractivity (Wildman–Crippen MR) is 68.1 cm³/mol. The van der Waals surface area contributed by atoms with E-state index in [1.165, 1.54) is 4.90 Å². The molecular formula is C13H17N3O2. The first-order chi connectivity index (χ1) is 8.47. The van der Waals surface area contributed by atoms with Gasteiger partial charge in [-0.15, -0.1) is 0 Å². The van der Waals surface area contributed by atoms with E-state index < -0.39 is 6.03 Å². The van der Waals surface area contributed by atoms with Gasteiger partial charge in [0.15, 0.2) is 0 Å². The zero-order chi connectivity index (χ0) is 13.3. The summed E-state index contributed by atoms with van der Waals surface area (Å²) in [5, 5.41) is 0. The molecule has 3 amide bonds. The molecule has 5 nitrogen and oxygen atoms in total. The molecule has 0 bridgehead atoms. The highest BCUT2D eigenvalue weighted by Crippen LogP contribution is 2.14. The van der Waals surface area contributed by atoms with Crippen LogP contribution in [0.1, 0.15) is 21.5 Å². The molecule has 0 spiro atoms. The first-order valence-corrected chi connectivity index (χ1v) is 5.89. The van der Waals surface area contributed by atoms with Crippen LogP contribution in [0.25, 0.3) is 0 Å². The van der Waals surface area contributed by atoms with Crippen molar-refractivity contribution in [1.29, 1.82) is 0 Å². The summed E-state index contributed by atoms with van der Waals surface area (Å²) >= 11 is 0. The molecule has 1 heterocycles. The van der Waals surface area contributed by atoms with Crippen molar-refractivity contribution in [2.75, 3.05) is 19.8 Å². The molecule has 0 aromatic heterocycles. The second-order valence-corrected chi connectivity index (χ2v) is 4.69. The maximum Gasteiger partial charge on any atom is 0.316 e. The number of aryl methyl sites for hydroxylation is 2. The van der Waals surface area contributed by atoms with Crippen LogP contribution in [0.15, 0.2) is 18.2 Å². The van der Waals surface area contributed by atoms with Gasteiger partial charge in [-0.1, -0.05) is 17.2 Å². The monoisotopic (exact) mass is 247 g/mol. The second-order valence-electron chi connectivity index (χ2n) is 4.69. The summed E-state index contributed by atoms with van der Waals surface area (Å²) in [4.78, 5) is 26.4. The van der Waals surface area contributed by atoms with Gasteiger partial charge in [0.1, 0.15) is 0 Å². The fourth-order valence-electron chi connectivity index (χ4n) is 2.22. The number of carbonyl (C=O) groups excluding carboxylic acids is 2. The van der Waals surface area contributed by atoms with Crippen LogP contribution in [-0.4, -0.2) is 41.5 Å². The van der Waals surface area contributed by atoms with Gasteiger partial charge >= 0.3 is 6.03 Å². The first kappa shape index (κ1) is 12.4. The first-order valence-electron chi connectivity index (χ1n) is 5.89. The number of benzene rings is 1. The van der Waals surface area contributed by atoms with Gasteiger partial charge in [-0.25, -0.2) is 4.79 Å². The smallest absolute Gasteiger partial charge is 0.316 e. The summed E-state index contributed by atoms with van der Waals surface area (Å²) in [6, 6.07) is 5.27. The van der Waals surface area contributed by atoms with Gasteiger partial charge in [0.2, 0.25) is 0 Å². The molecule has 18 heavy (non-hydrogen) atoms. The number of nitrogens with zero attached hydrogens (tertiary/aromatic N) is 2. The van der Waals surface area contributed by atoms with Crippen LogP contribution in [0.3, 0.4) is 0 Å². The molecule has 0 atom stereocenters. The molecular weight excluding hydrogens is 230 g/mol. The highest BCUT2D eigenvalue weighted by atomic mass is 16.2. The molecule has 1 fully saturated rings. The number of nitrogens with two attached hydrogens (primary N) is 1. The summed E-state index contributed by atoms with van der Waals surface area (Å²) in [5.41, 5.74) is 7.98. The predicted octanol–water partition coefficient (Wildman–Crippen LogP) is 1.10. The number of rotatable bonds is 1. The Kier molecular flexibility index (Phi) is 3.23. The molecule has 1 aromatic carbocycles. The van der Waals surface area contributed by atoms with Crippen molar-refractivity contribution in [2.45, 2.75) is 13.8 Å². The van der Waals surface area contributed by atoms with Crippen LogP contribution in [0, 0.1) is 13.8 Å². The summed E-state index contributed by atoms with van der Waals surface area (Å²) in [5.74, 6) is -0.0504. The van der Waals surface area contributed by atoms with Crippen LogP contribution < -0.4 is 5.73 Å². The van der Waals surface area contributed by atoms with E-state index in [1.54, 1.807) is 4.90 Å². The molecule has 0 aliphatic carbocycles. The van der Waals surface area contributed by atoms with Crippen LogP contribution >= 0.6 is 0 Å². The van der Waals surface area contributed by atoms with Gasteiger partial charge in [0, 0.05) is 18.7 Å². The Hall–Kier alpha value is -2.04. The molecule has 1 aliphatic heterocycles. The van der Waals surface area contributed by atoms with Gasteiger partial charge in [-0.05, 0) is 26.0 Å². The molecule has 0 saturated carbocycles. The minimum Gasteiger partial charge on any atom is -0.351 e. The zero-order valence-corrected chi connectivity index (χ0v) is 10.6. The Bertz CT molecular complexity index is 479. The number of hydrogen-bond donors (Lipinski definition) is 1. The van der Waals surface area contributed by atoms with Crippen molar-refractivity contribution < 1.29 is 9.59 Å². The minimum atomic E-state index is -0.481. The summed E-state index contributed by atoms with van der Waals surface area (Å²) < 4.78 is 0. The van der Waals surface area contributed by atoms with Gasteiger partial charge < -0.3 is 15.5 Å². The number of primary amides is 1. The third kappa shape index (κ3) is 2.45. The minimum absolute atomic E-state index is 0.0504. The molecule has 2 N–H and O–H groups in total. The Labute approximate surface area is 106 Å². The molecule has 0 unspecified atom stereocenters. The summed E-state index contributed by atoms with van der Waals surface area (Å²) in [6.07, 6.45) is 0. The van der Waals surface area contributed by atoms with E-state index in [4.69, 9.17) is 5.73 Å². The van der Waals surface area contributed by atoms with E-state index >= 15 is 0 Å². The third-order valence-corrected chi connectivity index (χ3v) is 3.05. The standard InChI is InChI=1S/C13H17N3O2/c1-9-5-10(2)7-11(6-9)12(17)15-3-4-16(8-15)13(14)18/h5-7H,3-4,8H2,1-2H3,(H2,14,18). The van der Waals surface area contributed by atoms with Crippen molar-refractivity contribution in [3.8, 4) is 0 Å². The van der Waals surface area contributed by atoms with Crippen molar-refractivity contribution in [3.63, 3.8) is 0 Å². The normalized spacial score (nSPS) is 15.0. The van der Waals surface area contributed by atoms with Gasteiger partial charge in [-0.3, -0.25) is 4.79 Å². The third-order valence-electron chi connectivity index (χ3n) is 3.05. The van der Waals surface area contributed by atoms with Crippen LogP contribution in [0.5, 0.6) is 0 Å². The lowest BCUT2D eigenvalue weighted by molar-refractivity contribution is 0.0774. The molecule has 1 aliphatic rings. The van der Waals surface area contributed by atoms with Gasteiger partial charge in [0.25, 0.3) is 5.91 Å². The highest BCUT2D eigenvalue weighted by molar-refractivity contribution is 5.95. The Balaban J connectivity index is 2.15. The topological polar surface area (TPSA) is 66.6 Å². The molecule has 2 rings (SSSR count). The fourth-order valence-corrected chi connectivity index (χ4v) is 2.22. The average molecular weight is 247 g/mol. The van der Waals surface area contributed by atoms with E-state index in [9.17, 15) is 9.59 Å². The number of carbonyl (C=O) groups is 2. The fraction of sp³-hybridized carbons (Fsp3) is 0.385. The number of urea groups is 1. The van der Waals surface area contributed by atoms with Crippen LogP contribution in [0.2, 0.25) is 0 Å². The SMILES string of the molecule is Cc1cc(C)cc(C(=O)N2CCN(C(N)=O)C2)c1. The number of hydrogen-bond acceptors (Lipinski definition) is 2. The van der Waals surface area contributed by atoms with Crippen molar-refractivity contribution in [2.24, 2.45) is 5.73 Å². The molecule has 1 saturated heterocycles.